The fraction of sp³-hybridized carbons (Fsp3) is 0.452. The molecule has 2 N–H and O–H groups in total. The van der Waals surface area contributed by atoms with Crippen molar-refractivity contribution in [2.45, 2.75) is 45.6 Å². The Bertz CT molecular complexity index is 1500. The van der Waals surface area contributed by atoms with Crippen molar-refractivity contribution in [3.63, 3.8) is 0 Å². The van der Waals surface area contributed by atoms with E-state index in [1.54, 1.807) is 43.8 Å². The Hall–Kier alpha value is -3.51. The molecule has 0 radical (unpaired) electrons. The molecule has 42 heavy (non-hydrogen) atoms. The third-order valence-electron chi connectivity index (χ3n) is 7.01. The minimum absolute atomic E-state index is 0.0156. The molecule has 1 aliphatic heterocycles. The number of hydrogen-bond donors (Lipinski definition) is 2. The van der Waals surface area contributed by atoms with Gasteiger partial charge in [-0.3, -0.25) is 14.7 Å². The highest BCUT2D eigenvalue weighted by atomic mass is 32.1. The SMILES string of the molecule is CCNC(=O)CCc1nc2cc(-c3cnc(C(C)(C)O)nc3)cc(-c3cc(OCCCN4CCOCC4)ccn3)c2s1. The lowest BCUT2D eigenvalue weighted by Gasteiger charge is -2.26. The molecule has 1 aliphatic rings. The average Bonchev–Trinajstić information content (AvgIpc) is 3.41. The zero-order valence-corrected chi connectivity index (χ0v) is 25.2. The van der Waals surface area contributed by atoms with Crippen LogP contribution in [0.15, 0.2) is 42.9 Å². The molecule has 1 amide bonds. The number of nitrogens with one attached hydrogen (secondary N) is 1. The van der Waals surface area contributed by atoms with E-state index in [0.29, 0.717) is 31.8 Å². The molecule has 0 atom stereocenters. The lowest BCUT2D eigenvalue weighted by Crippen LogP contribution is -2.37. The fourth-order valence-corrected chi connectivity index (χ4v) is 5.86. The number of carbonyl (C=O) groups excluding carboxylic acids is 1. The van der Waals surface area contributed by atoms with Crippen LogP contribution in [0, 0.1) is 0 Å². The van der Waals surface area contributed by atoms with Crippen molar-refractivity contribution in [3.8, 4) is 28.1 Å². The molecule has 1 saturated heterocycles. The Kier molecular flexibility index (Phi) is 9.73. The maximum Gasteiger partial charge on any atom is 0.220 e. The number of aromatic nitrogens is 4. The molecule has 5 rings (SSSR count). The zero-order valence-electron chi connectivity index (χ0n) is 24.4. The summed E-state index contributed by atoms with van der Waals surface area (Å²) < 4.78 is 12.6. The summed E-state index contributed by atoms with van der Waals surface area (Å²) in [6.45, 7) is 11.0. The highest BCUT2D eigenvalue weighted by molar-refractivity contribution is 7.19. The number of carbonyl (C=O) groups is 1. The molecule has 11 heteroatoms. The van der Waals surface area contributed by atoms with E-state index in [2.05, 4.69) is 26.3 Å². The van der Waals surface area contributed by atoms with E-state index in [9.17, 15) is 9.90 Å². The molecule has 222 valence electrons. The summed E-state index contributed by atoms with van der Waals surface area (Å²) in [5, 5.41) is 14.0. The predicted octanol–water partition coefficient (Wildman–Crippen LogP) is 4.21. The molecule has 0 spiro atoms. The molecule has 0 bridgehead atoms. The van der Waals surface area contributed by atoms with Crippen molar-refractivity contribution in [1.29, 1.82) is 0 Å². The van der Waals surface area contributed by atoms with Gasteiger partial charge in [0.2, 0.25) is 5.91 Å². The molecular formula is C31H38N6O4S. The first-order valence-electron chi connectivity index (χ1n) is 14.4. The van der Waals surface area contributed by atoms with Crippen LogP contribution in [0.25, 0.3) is 32.6 Å². The van der Waals surface area contributed by atoms with Gasteiger partial charge < -0.3 is 19.9 Å². The molecule has 1 fully saturated rings. The number of thiazole rings is 1. The van der Waals surface area contributed by atoms with Crippen molar-refractivity contribution in [3.05, 3.63) is 53.7 Å². The van der Waals surface area contributed by atoms with Gasteiger partial charge in [0.05, 0.1) is 40.7 Å². The minimum Gasteiger partial charge on any atom is -0.493 e. The van der Waals surface area contributed by atoms with Crippen LogP contribution in [-0.2, 0) is 21.6 Å². The van der Waals surface area contributed by atoms with Crippen LogP contribution >= 0.6 is 11.3 Å². The number of ether oxygens (including phenoxy) is 2. The van der Waals surface area contributed by atoms with E-state index in [4.69, 9.17) is 19.4 Å². The Morgan fingerprint density at radius 2 is 1.93 bits per heavy atom. The number of benzene rings is 1. The number of fused-ring (bicyclic) bond motifs is 1. The molecule has 4 heterocycles. The summed E-state index contributed by atoms with van der Waals surface area (Å²) in [6, 6.07) is 7.93. The first-order valence-corrected chi connectivity index (χ1v) is 15.3. The van der Waals surface area contributed by atoms with Gasteiger partial charge in [0, 0.05) is 74.8 Å². The van der Waals surface area contributed by atoms with Crippen molar-refractivity contribution in [2.75, 3.05) is 46.0 Å². The van der Waals surface area contributed by atoms with Gasteiger partial charge in [-0.1, -0.05) is 0 Å². The van der Waals surface area contributed by atoms with Gasteiger partial charge >= 0.3 is 0 Å². The second-order valence-corrected chi connectivity index (χ2v) is 11.9. The molecule has 1 aromatic carbocycles. The molecule has 10 nitrogen and oxygen atoms in total. The number of pyridine rings is 1. The number of rotatable bonds is 12. The Balaban J connectivity index is 1.42. The van der Waals surface area contributed by atoms with Crippen molar-refractivity contribution in [2.24, 2.45) is 0 Å². The second kappa shape index (κ2) is 13.6. The van der Waals surface area contributed by atoms with E-state index >= 15 is 0 Å². The largest absolute Gasteiger partial charge is 0.493 e. The highest BCUT2D eigenvalue weighted by Gasteiger charge is 2.20. The summed E-state index contributed by atoms with van der Waals surface area (Å²) in [5.74, 6) is 1.13. The smallest absolute Gasteiger partial charge is 0.220 e. The van der Waals surface area contributed by atoms with Gasteiger partial charge in [-0.05, 0) is 51.0 Å². The average molecular weight is 591 g/mol. The van der Waals surface area contributed by atoms with Crippen LogP contribution in [0.5, 0.6) is 5.75 Å². The van der Waals surface area contributed by atoms with Gasteiger partial charge in [-0.2, -0.15) is 0 Å². The summed E-state index contributed by atoms with van der Waals surface area (Å²) in [6.07, 6.45) is 7.08. The van der Waals surface area contributed by atoms with Crippen LogP contribution in [0.1, 0.15) is 44.4 Å². The van der Waals surface area contributed by atoms with Crippen molar-refractivity contribution >= 4 is 27.5 Å². The second-order valence-electron chi connectivity index (χ2n) is 10.8. The van der Waals surface area contributed by atoms with Crippen LogP contribution < -0.4 is 10.1 Å². The van der Waals surface area contributed by atoms with Crippen LogP contribution in [0.4, 0.5) is 0 Å². The van der Waals surface area contributed by atoms with Gasteiger partial charge in [0.1, 0.15) is 11.4 Å². The molecule has 0 saturated carbocycles. The van der Waals surface area contributed by atoms with E-state index in [1.807, 2.05) is 25.1 Å². The Morgan fingerprint density at radius 3 is 2.67 bits per heavy atom. The van der Waals surface area contributed by atoms with E-state index in [0.717, 1.165) is 82.6 Å². The molecule has 3 aromatic heterocycles. The van der Waals surface area contributed by atoms with E-state index in [-0.39, 0.29) is 5.91 Å². The number of aryl methyl sites for hydroxylation is 1. The van der Waals surface area contributed by atoms with Gasteiger partial charge in [0.25, 0.3) is 0 Å². The number of aliphatic hydroxyl groups is 1. The third kappa shape index (κ3) is 7.65. The molecule has 0 aliphatic carbocycles. The fourth-order valence-electron chi connectivity index (χ4n) is 4.79. The van der Waals surface area contributed by atoms with Gasteiger partial charge in [-0.25, -0.2) is 15.0 Å². The first-order chi connectivity index (χ1) is 20.3. The lowest BCUT2D eigenvalue weighted by molar-refractivity contribution is -0.120. The first kappa shape index (κ1) is 30.0. The normalized spacial score (nSPS) is 14.3. The number of amides is 1. The summed E-state index contributed by atoms with van der Waals surface area (Å²) in [5.41, 5.74) is 3.09. The van der Waals surface area contributed by atoms with Gasteiger partial charge in [-0.15, -0.1) is 11.3 Å². The molecule has 0 unspecified atom stereocenters. The third-order valence-corrected chi connectivity index (χ3v) is 8.17. The highest BCUT2D eigenvalue weighted by Crippen LogP contribution is 2.37. The quantitative estimate of drug-likeness (QED) is 0.234. The summed E-state index contributed by atoms with van der Waals surface area (Å²) in [4.78, 5) is 32.9. The predicted molar refractivity (Wildman–Crippen MR) is 163 cm³/mol. The van der Waals surface area contributed by atoms with Gasteiger partial charge in [0.15, 0.2) is 5.82 Å². The maximum atomic E-state index is 12.1. The summed E-state index contributed by atoms with van der Waals surface area (Å²) >= 11 is 1.58. The minimum atomic E-state index is -1.13. The van der Waals surface area contributed by atoms with Crippen LogP contribution in [0.3, 0.4) is 0 Å². The molecular weight excluding hydrogens is 552 g/mol. The van der Waals surface area contributed by atoms with Crippen LogP contribution in [0.2, 0.25) is 0 Å². The number of hydrogen-bond acceptors (Lipinski definition) is 10. The van der Waals surface area contributed by atoms with Crippen molar-refractivity contribution < 1.29 is 19.4 Å². The maximum absolute atomic E-state index is 12.1. The van der Waals surface area contributed by atoms with E-state index in [1.165, 1.54) is 0 Å². The zero-order chi connectivity index (χ0) is 29.5. The monoisotopic (exact) mass is 590 g/mol. The van der Waals surface area contributed by atoms with E-state index < -0.39 is 5.60 Å². The Morgan fingerprint density at radius 1 is 1.14 bits per heavy atom. The topological polar surface area (TPSA) is 123 Å². The number of morpholine rings is 1. The van der Waals surface area contributed by atoms with Crippen LogP contribution in [-0.4, -0.2) is 81.8 Å². The summed E-state index contributed by atoms with van der Waals surface area (Å²) in [7, 11) is 0. The lowest BCUT2D eigenvalue weighted by atomic mass is 10.0. The number of nitrogens with zero attached hydrogens (tertiary/aromatic N) is 5. The molecule has 4 aromatic rings. The standard InChI is InChI=1S/C31H38N6O4S/c1-4-32-27(38)6-7-28-36-26-17-21(22-19-34-30(35-20-22)31(2,3)39)16-24(29(26)42-28)25-18-23(8-9-33-25)41-13-5-10-37-11-14-40-15-12-37/h8-9,16-20,39H,4-7,10-15H2,1-3H3,(H,32,38). The van der Waals surface area contributed by atoms with Crippen molar-refractivity contribution in [1.82, 2.24) is 30.2 Å². The Labute approximate surface area is 250 Å².